The monoisotopic (exact) mass is 285 g/mol. The molecule has 0 radical (unpaired) electrons. The van der Waals surface area contributed by atoms with E-state index in [4.69, 9.17) is 5.73 Å². The molecule has 0 saturated carbocycles. The second-order valence-corrected chi connectivity index (χ2v) is 4.07. The summed E-state index contributed by atoms with van der Waals surface area (Å²) in [7, 11) is 0. The van der Waals surface area contributed by atoms with E-state index in [-0.39, 0.29) is 24.2 Å². The molecule has 0 aromatic heterocycles. The van der Waals surface area contributed by atoms with Crippen molar-refractivity contribution in [3.63, 3.8) is 0 Å². The van der Waals surface area contributed by atoms with Crippen molar-refractivity contribution in [3.05, 3.63) is 35.4 Å². The van der Waals surface area contributed by atoms with Gasteiger partial charge >= 0.3 is 0 Å². The molecule has 0 aliphatic rings. The van der Waals surface area contributed by atoms with Crippen LogP contribution in [-0.4, -0.2) is 24.4 Å². The van der Waals surface area contributed by atoms with E-state index in [0.717, 1.165) is 5.56 Å². The van der Waals surface area contributed by atoms with Gasteiger partial charge in [-0.05, 0) is 31.5 Å². The number of nitrogens with two attached hydrogens (primary N) is 1. The Balaban J connectivity index is 0.00000324. The van der Waals surface area contributed by atoms with Crippen molar-refractivity contribution in [1.82, 2.24) is 10.6 Å². The molecule has 0 unspecified atom stereocenters. The standard InChI is InChI=1S/C13H19N3O2.ClH/c1-3-15-13(18)11-6-4-5-10(7-11)8-16-12(17)9(2)14;/h4-7,9H,3,8,14H2,1-2H3,(H,15,18)(H,16,17);1H/t9-;/m1./s1. The van der Waals surface area contributed by atoms with Crippen molar-refractivity contribution in [1.29, 1.82) is 0 Å². The molecule has 0 bridgehead atoms. The molecule has 19 heavy (non-hydrogen) atoms. The van der Waals surface area contributed by atoms with E-state index in [1.165, 1.54) is 0 Å². The van der Waals surface area contributed by atoms with Gasteiger partial charge in [-0.3, -0.25) is 9.59 Å². The molecule has 2 amide bonds. The molecule has 0 heterocycles. The molecular formula is C13H20ClN3O2. The first-order valence-electron chi connectivity index (χ1n) is 5.95. The highest BCUT2D eigenvalue weighted by Gasteiger charge is 2.08. The van der Waals surface area contributed by atoms with Crippen molar-refractivity contribution in [2.75, 3.05) is 6.54 Å². The van der Waals surface area contributed by atoms with Crippen LogP contribution in [0.5, 0.6) is 0 Å². The van der Waals surface area contributed by atoms with E-state index in [9.17, 15) is 9.59 Å². The fourth-order valence-corrected chi connectivity index (χ4v) is 1.44. The Morgan fingerprint density at radius 1 is 1.32 bits per heavy atom. The number of halogens is 1. The van der Waals surface area contributed by atoms with Crippen molar-refractivity contribution in [3.8, 4) is 0 Å². The van der Waals surface area contributed by atoms with Gasteiger partial charge in [-0.25, -0.2) is 0 Å². The summed E-state index contributed by atoms with van der Waals surface area (Å²) in [6.45, 7) is 4.45. The number of carbonyl (C=O) groups excluding carboxylic acids is 2. The van der Waals surface area contributed by atoms with Crippen molar-refractivity contribution < 1.29 is 9.59 Å². The molecule has 0 aliphatic heterocycles. The van der Waals surface area contributed by atoms with Gasteiger partial charge in [-0.15, -0.1) is 12.4 Å². The summed E-state index contributed by atoms with van der Waals surface area (Å²) < 4.78 is 0. The average molecular weight is 286 g/mol. The molecule has 0 fully saturated rings. The molecule has 0 spiro atoms. The summed E-state index contributed by atoms with van der Waals surface area (Å²) in [4.78, 5) is 22.9. The van der Waals surface area contributed by atoms with Crippen LogP contribution in [0.1, 0.15) is 29.8 Å². The molecule has 0 aliphatic carbocycles. The fourth-order valence-electron chi connectivity index (χ4n) is 1.44. The van der Waals surface area contributed by atoms with Crippen LogP contribution in [0.25, 0.3) is 0 Å². The lowest BCUT2D eigenvalue weighted by Gasteiger charge is -2.09. The molecule has 1 aromatic carbocycles. The fraction of sp³-hybridized carbons (Fsp3) is 0.385. The van der Waals surface area contributed by atoms with Gasteiger partial charge in [-0.2, -0.15) is 0 Å². The minimum Gasteiger partial charge on any atom is -0.352 e. The van der Waals surface area contributed by atoms with Crippen LogP contribution in [0.4, 0.5) is 0 Å². The molecular weight excluding hydrogens is 266 g/mol. The smallest absolute Gasteiger partial charge is 0.251 e. The Kier molecular flexibility index (Phi) is 7.79. The number of amides is 2. The van der Waals surface area contributed by atoms with E-state index >= 15 is 0 Å². The summed E-state index contributed by atoms with van der Waals surface area (Å²) in [5.74, 6) is -0.323. The first-order chi connectivity index (χ1) is 8.54. The van der Waals surface area contributed by atoms with Crippen LogP contribution in [0.2, 0.25) is 0 Å². The second-order valence-electron chi connectivity index (χ2n) is 4.07. The Morgan fingerprint density at radius 2 is 2.00 bits per heavy atom. The van der Waals surface area contributed by atoms with E-state index in [1.807, 2.05) is 13.0 Å². The van der Waals surface area contributed by atoms with Gasteiger partial charge in [0.1, 0.15) is 0 Å². The highest BCUT2D eigenvalue weighted by atomic mass is 35.5. The van der Waals surface area contributed by atoms with Crippen LogP contribution in [0, 0.1) is 0 Å². The van der Waals surface area contributed by atoms with Crippen molar-refractivity contribution in [2.24, 2.45) is 5.73 Å². The normalized spacial score (nSPS) is 11.1. The topological polar surface area (TPSA) is 84.2 Å². The first-order valence-corrected chi connectivity index (χ1v) is 5.95. The first kappa shape index (κ1) is 17.4. The SMILES string of the molecule is CCNC(=O)c1cccc(CNC(=O)[C@@H](C)N)c1.Cl. The zero-order chi connectivity index (χ0) is 13.5. The maximum absolute atomic E-state index is 11.6. The average Bonchev–Trinajstić information content (AvgIpc) is 2.36. The molecule has 106 valence electrons. The van der Waals surface area contributed by atoms with E-state index in [0.29, 0.717) is 18.7 Å². The summed E-state index contributed by atoms with van der Waals surface area (Å²) in [6.07, 6.45) is 0. The van der Waals surface area contributed by atoms with Gasteiger partial charge in [0.15, 0.2) is 0 Å². The second kappa shape index (κ2) is 8.50. The van der Waals surface area contributed by atoms with Crippen LogP contribution in [-0.2, 0) is 11.3 Å². The van der Waals surface area contributed by atoms with Crippen LogP contribution in [0.15, 0.2) is 24.3 Å². The molecule has 1 atom stereocenters. The molecule has 0 saturated heterocycles. The van der Waals surface area contributed by atoms with Crippen molar-refractivity contribution in [2.45, 2.75) is 26.4 Å². The van der Waals surface area contributed by atoms with Gasteiger partial charge in [0.05, 0.1) is 6.04 Å². The number of carbonyl (C=O) groups is 2. The molecule has 6 heteroatoms. The molecule has 5 nitrogen and oxygen atoms in total. The van der Waals surface area contributed by atoms with Gasteiger partial charge in [0, 0.05) is 18.7 Å². The zero-order valence-electron chi connectivity index (χ0n) is 11.1. The number of hydrogen-bond acceptors (Lipinski definition) is 3. The maximum Gasteiger partial charge on any atom is 0.251 e. The summed E-state index contributed by atoms with van der Waals surface area (Å²) in [5.41, 5.74) is 6.90. The van der Waals surface area contributed by atoms with Gasteiger partial charge in [-0.1, -0.05) is 12.1 Å². The highest BCUT2D eigenvalue weighted by molar-refractivity contribution is 5.94. The maximum atomic E-state index is 11.6. The zero-order valence-corrected chi connectivity index (χ0v) is 11.9. The molecule has 1 aromatic rings. The number of nitrogens with one attached hydrogen (secondary N) is 2. The lowest BCUT2D eigenvalue weighted by atomic mass is 10.1. The predicted molar refractivity (Wildman–Crippen MR) is 77.2 cm³/mol. The van der Waals surface area contributed by atoms with Crippen LogP contribution < -0.4 is 16.4 Å². The van der Waals surface area contributed by atoms with E-state index in [2.05, 4.69) is 10.6 Å². The molecule has 1 rings (SSSR count). The Hall–Kier alpha value is -1.59. The number of hydrogen-bond donors (Lipinski definition) is 3. The van der Waals surface area contributed by atoms with Gasteiger partial charge in [0.2, 0.25) is 5.91 Å². The highest BCUT2D eigenvalue weighted by Crippen LogP contribution is 2.05. The number of rotatable bonds is 5. The Bertz CT molecular complexity index is 436. The summed E-state index contributed by atoms with van der Waals surface area (Å²) >= 11 is 0. The van der Waals surface area contributed by atoms with E-state index < -0.39 is 6.04 Å². The minimum atomic E-state index is -0.531. The third kappa shape index (κ3) is 5.72. The van der Waals surface area contributed by atoms with Gasteiger partial charge in [0.25, 0.3) is 5.91 Å². The van der Waals surface area contributed by atoms with Crippen LogP contribution in [0.3, 0.4) is 0 Å². The Labute approximate surface area is 119 Å². The summed E-state index contributed by atoms with van der Waals surface area (Å²) in [5, 5.41) is 5.43. The third-order valence-electron chi connectivity index (χ3n) is 2.41. The Morgan fingerprint density at radius 3 is 2.58 bits per heavy atom. The predicted octanol–water partition coefficient (Wildman–Crippen LogP) is 0.822. The van der Waals surface area contributed by atoms with Crippen LogP contribution >= 0.6 is 12.4 Å². The summed E-state index contributed by atoms with van der Waals surface area (Å²) in [6, 6.07) is 6.60. The minimum absolute atomic E-state index is 0. The molecule has 4 N–H and O–H groups in total. The van der Waals surface area contributed by atoms with E-state index in [1.54, 1.807) is 25.1 Å². The third-order valence-corrected chi connectivity index (χ3v) is 2.41. The quantitative estimate of drug-likeness (QED) is 0.749. The number of benzene rings is 1. The lowest BCUT2D eigenvalue weighted by molar-refractivity contribution is -0.122. The van der Waals surface area contributed by atoms with Gasteiger partial charge < -0.3 is 16.4 Å². The lowest BCUT2D eigenvalue weighted by Crippen LogP contribution is -2.37. The van der Waals surface area contributed by atoms with Crippen molar-refractivity contribution >= 4 is 24.2 Å². The largest absolute Gasteiger partial charge is 0.352 e.